The van der Waals surface area contributed by atoms with Crippen molar-refractivity contribution in [3.63, 3.8) is 0 Å². The SMILES string of the molecule is CCOCC(Nc1cccc(C(=O)OC)c1N)C(C)C. The molecule has 0 heterocycles. The molecule has 0 aromatic heterocycles. The highest BCUT2D eigenvalue weighted by molar-refractivity contribution is 5.98. The number of methoxy groups -OCH3 is 1. The highest BCUT2D eigenvalue weighted by Crippen LogP contribution is 2.25. The summed E-state index contributed by atoms with van der Waals surface area (Å²) >= 11 is 0. The number of nitrogens with one attached hydrogen (secondary N) is 1. The molecule has 0 saturated heterocycles. The fourth-order valence-corrected chi connectivity index (χ4v) is 1.82. The summed E-state index contributed by atoms with van der Waals surface area (Å²) in [4.78, 5) is 11.6. The van der Waals surface area contributed by atoms with Crippen molar-refractivity contribution in [1.29, 1.82) is 0 Å². The van der Waals surface area contributed by atoms with E-state index in [0.717, 1.165) is 5.69 Å². The Morgan fingerprint density at radius 2 is 2.10 bits per heavy atom. The van der Waals surface area contributed by atoms with E-state index in [1.165, 1.54) is 7.11 Å². The number of benzene rings is 1. The van der Waals surface area contributed by atoms with Crippen LogP contribution in [0, 0.1) is 5.92 Å². The molecule has 0 aliphatic carbocycles. The molecule has 5 nitrogen and oxygen atoms in total. The summed E-state index contributed by atoms with van der Waals surface area (Å²) in [5.41, 5.74) is 7.54. The van der Waals surface area contributed by atoms with E-state index in [1.807, 2.05) is 13.0 Å². The zero-order chi connectivity index (χ0) is 15.1. The Balaban J connectivity index is 2.92. The Morgan fingerprint density at radius 3 is 2.65 bits per heavy atom. The van der Waals surface area contributed by atoms with Crippen molar-refractivity contribution in [2.45, 2.75) is 26.8 Å². The number of hydrogen-bond donors (Lipinski definition) is 2. The van der Waals surface area contributed by atoms with Gasteiger partial charge in [-0.25, -0.2) is 4.79 Å². The van der Waals surface area contributed by atoms with Gasteiger partial charge in [-0.15, -0.1) is 0 Å². The van der Waals surface area contributed by atoms with E-state index >= 15 is 0 Å². The van der Waals surface area contributed by atoms with Gasteiger partial charge in [-0.1, -0.05) is 19.9 Å². The summed E-state index contributed by atoms with van der Waals surface area (Å²) < 4.78 is 10.2. The van der Waals surface area contributed by atoms with E-state index in [0.29, 0.717) is 30.4 Å². The van der Waals surface area contributed by atoms with Crippen LogP contribution in [0.2, 0.25) is 0 Å². The summed E-state index contributed by atoms with van der Waals surface area (Å²) in [5, 5.41) is 3.34. The summed E-state index contributed by atoms with van der Waals surface area (Å²) in [6, 6.07) is 5.41. The molecular formula is C15H24N2O3. The van der Waals surface area contributed by atoms with Crippen molar-refractivity contribution < 1.29 is 14.3 Å². The molecule has 1 atom stereocenters. The highest BCUT2D eigenvalue weighted by Gasteiger charge is 2.17. The zero-order valence-corrected chi connectivity index (χ0v) is 12.6. The molecule has 1 aromatic rings. The summed E-state index contributed by atoms with van der Waals surface area (Å²) in [5.74, 6) is -0.0558. The predicted octanol–water partition coefficient (Wildman–Crippen LogP) is 2.53. The number of anilines is 2. The van der Waals surface area contributed by atoms with E-state index in [9.17, 15) is 4.79 Å². The highest BCUT2D eigenvalue weighted by atomic mass is 16.5. The first-order valence-corrected chi connectivity index (χ1v) is 6.82. The molecule has 0 radical (unpaired) electrons. The minimum absolute atomic E-state index is 0.130. The van der Waals surface area contributed by atoms with Crippen molar-refractivity contribution in [3.8, 4) is 0 Å². The fourth-order valence-electron chi connectivity index (χ4n) is 1.82. The van der Waals surface area contributed by atoms with Crippen LogP contribution in [0.1, 0.15) is 31.1 Å². The first-order chi connectivity index (χ1) is 9.51. The normalized spacial score (nSPS) is 12.2. The number of hydrogen-bond acceptors (Lipinski definition) is 5. The van der Waals surface area contributed by atoms with Crippen LogP contribution in [-0.4, -0.2) is 32.3 Å². The summed E-state index contributed by atoms with van der Waals surface area (Å²) in [6.07, 6.45) is 0. The lowest BCUT2D eigenvalue weighted by molar-refractivity contribution is 0.0602. The molecular weight excluding hydrogens is 256 g/mol. The lowest BCUT2D eigenvalue weighted by Gasteiger charge is -2.24. The first kappa shape index (κ1) is 16.3. The van der Waals surface area contributed by atoms with Gasteiger partial charge in [0.2, 0.25) is 0 Å². The van der Waals surface area contributed by atoms with Crippen molar-refractivity contribution in [1.82, 2.24) is 0 Å². The van der Waals surface area contributed by atoms with Crippen LogP contribution in [0.15, 0.2) is 18.2 Å². The standard InChI is InChI=1S/C15H24N2O3/c1-5-20-9-13(10(2)3)17-12-8-6-7-11(14(12)16)15(18)19-4/h6-8,10,13,17H,5,9,16H2,1-4H3. The smallest absolute Gasteiger partial charge is 0.340 e. The number of nitrogens with two attached hydrogens (primary N) is 1. The molecule has 0 amide bonds. The van der Waals surface area contributed by atoms with Crippen LogP contribution < -0.4 is 11.1 Å². The molecule has 1 aromatic carbocycles. The topological polar surface area (TPSA) is 73.6 Å². The molecule has 112 valence electrons. The first-order valence-electron chi connectivity index (χ1n) is 6.82. The Hall–Kier alpha value is -1.75. The average molecular weight is 280 g/mol. The van der Waals surface area contributed by atoms with Crippen molar-refractivity contribution in [2.75, 3.05) is 31.4 Å². The van der Waals surface area contributed by atoms with E-state index in [2.05, 4.69) is 19.2 Å². The number of rotatable bonds is 7. The second-order valence-corrected chi connectivity index (χ2v) is 4.91. The third-order valence-corrected chi connectivity index (χ3v) is 3.16. The van der Waals surface area contributed by atoms with Gasteiger partial charge in [0.1, 0.15) is 0 Å². The van der Waals surface area contributed by atoms with Crippen LogP contribution in [-0.2, 0) is 9.47 Å². The van der Waals surface area contributed by atoms with Gasteiger partial charge in [-0.3, -0.25) is 0 Å². The molecule has 1 unspecified atom stereocenters. The average Bonchev–Trinajstić information content (AvgIpc) is 2.43. The van der Waals surface area contributed by atoms with Gasteiger partial charge in [0, 0.05) is 6.61 Å². The zero-order valence-electron chi connectivity index (χ0n) is 12.6. The molecule has 5 heteroatoms. The van der Waals surface area contributed by atoms with Crippen molar-refractivity contribution >= 4 is 17.3 Å². The Bertz CT molecular complexity index is 447. The number of carbonyl (C=O) groups is 1. The number of carbonyl (C=O) groups excluding carboxylic acids is 1. The maximum absolute atomic E-state index is 11.6. The lowest BCUT2D eigenvalue weighted by Crippen LogP contribution is -2.31. The van der Waals surface area contributed by atoms with Gasteiger partial charge in [-0.2, -0.15) is 0 Å². The fraction of sp³-hybridized carbons (Fsp3) is 0.533. The maximum Gasteiger partial charge on any atom is 0.340 e. The number of para-hydroxylation sites is 1. The molecule has 0 aliphatic rings. The predicted molar refractivity (Wildman–Crippen MR) is 80.9 cm³/mol. The molecule has 0 aliphatic heterocycles. The van der Waals surface area contributed by atoms with Crippen LogP contribution in [0.3, 0.4) is 0 Å². The second-order valence-electron chi connectivity index (χ2n) is 4.91. The molecule has 0 saturated carbocycles. The number of esters is 1. The summed E-state index contributed by atoms with van der Waals surface area (Å²) in [6.45, 7) is 7.44. The van der Waals surface area contributed by atoms with Gasteiger partial charge in [0.05, 0.1) is 36.7 Å². The van der Waals surface area contributed by atoms with Gasteiger partial charge in [-0.05, 0) is 25.0 Å². The molecule has 0 spiro atoms. The Morgan fingerprint density at radius 1 is 1.40 bits per heavy atom. The second kappa shape index (κ2) is 7.75. The van der Waals surface area contributed by atoms with Crippen molar-refractivity contribution in [2.24, 2.45) is 5.92 Å². The molecule has 1 rings (SSSR count). The number of ether oxygens (including phenoxy) is 2. The maximum atomic E-state index is 11.6. The van der Waals surface area contributed by atoms with Gasteiger partial charge in [0.25, 0.3) is 0 Å². The minimum Gasteiger partial charge on any atom is -0.465 e. The van der Waals surface area contributed by atoms with E-state index in [4.69, 9.17) is 15.2 Å². The Kier molecular flexibility index (Phi) is 6.31. The Labute approximate surface area is 120 Å². The van der Waals surface area contributed by atoms with E-state index in [1.54, 1.807) is 12.1 Å². The van der Waals surface area contributed by atoms with Crippen LogP contribution in [0.4, 0.5) is 11.4 Å². The lowest BCUT2D eigenvalue weighted by atomic mass is 10.0. The monoisotopic (exact) mass is 280 g/mol. The number of nitrogen functional groups attached to an aromatic ring is 1. The molecule has 3 N–H and O–H groups in total. The van der Waals surface area contributed by atoms with Crippen molar-refractivity contribution in [3.05, 3.63) is 23.8 Å². The van der Waals surface area contributed by atoms with Gasteiger partial charge < -0.3 is 20.5 Å². The van der Waals surface area contributed by atoms with E-state index in [-0.39, 0.29) is 6.04 Å². The van der Waals surface area contributed by atoms with E-state index < -0.39 is 5.97 Å². The summed E-state index contributed by atoms with van der Waals surface area (Å²) in [7, 11) is 1.34. The van der Waals surface area contributed by atoms with Gasteiger partial charge >= 0.3 is 5.97 Å². The largest absolute Gasteiger partial charge is 0.465 e. The molecule has 20 heavy (non-hydrogen) atoms. The molecule has 0 fully saturated rings. The van der Waals surface area contributed by atoms with Crippen LogP contribution >= 0.6 is 0 Å². The molecule has 0 bridgehead atoms. The van der Waals surface area contributed by atoms with Crippen LogP contribution in [0.5, 0.6) is 0 Å². The van der Waals surface area contributed by atoms with Crippen LogP contribution in [0.25, 0.3) is 0 Å². The minimum atomic E-state index is -0.433. The van der Waals surface area contributed by atoms with Gasteiger partial charge in [0.15, 0.2) is 0 Å². The third-order valence-electron chi connectivity index (χ3n) is 3.16. The third kappa shape index (κ3) is 4.13. The quantitative estimate of drug-likeness (QED) is 0.593.